The fourth-order valence-electron chi connectivity index (χ4n) is 1.73. The van der Waals surface area contributed by atoms with Crippen LogP contribution in [0.15, 0.2) is 29.2 Å². The van der Waals surface area contributed by atoms with E-state index in [0.717, 1.165) is 19.4 Å². The molecule has 2 aromatic rings. The van der Waals surface area contributed by atoms with Gasteiger partial charge in [0.05, 0.1) is 5.51 Å². The van der Waals surface area contributed by atoms with Crippen molar-refractivity contribution in [3.05, 3.63) is 39.0 Å². The highest BCUT2D eigenvalue weighted by atomic mass is 32.1. The molecule has 2 heterocycles. The molecule has 0 amide bonds. The summed E-state index contributed by atoms with van der Waals surface area (Å²) in [6, 6.07) is 4.79. The van der Waals surface area contributed by atoms with Crippen molar-refractivity contribution in [1.29, 1.82) is 0 Å². The predicted molar refractivity (Wildman–Crippen MR) is 71.2 cm³/mol. The minimum absolute atomic E-state index is 0.458. The first-order valence-electron chi connectivity index (χ1n) is 5.54. The molecule has 2 nitrogen and oxygen atoms in total. The number of hydrogen-bond acceptors (Lipinski definition) is 4. The normalized spacial score (nSPS) is 12.8. The summed E-state index contributed by atoms with van der Waals surface area (Å²) in [6.45, 7) is 3.16. The Kier molecular flexibility index (Phi) is 4.51. The van der Waals surface area contributed by atoms with Gasteiger partial charge in [-0.3, -0.25) is 4.98 Å². The average molecular weight is 252 g/mol. The van der Waals surface area contributed by atoms with Crippen LogP contribution in [0.2, 0.25) is 0 Å². The minimum atomic E-state index is 0.458. The molecular formula is C12H16N2S2. The summed E-state index contributed by atoms with van der Waals surface area (Å²) in [5.74, 6) is 0. The molecule has 0 aliphatic carbocycles. The van der Waals surface area contributed by atoms with Gasteiger partial charge < -0.3 is 5.32 Å². The van der Waals surface area contributed by atoms with E-state index < -0.39 is 0 Å². The number of nitrogens with one attached hydrogen (secondary N) is 1. The molecule has 0 saturated heterocycles. The Morgan fingerprint density at radius 1 is 1.44 bits per heavy atom. The number of hydrogen-bond donors (Lipinski definition) is 1. The topological polar surface area (TPSA) is 24.9 Å². The number of aromatic nitrogens is 1. The van der Waals surface area contributed by atoms with Gasteiger partial charge >= 0.3 is 0 Å². The summed E-state index contributed by atoms with van der Waals surface area (Å²) in [4.78, 5) is 6.96. The smallest absolute Gasteiger partial charge is 0.0794 e. The van der Waals surface area contributed by atoms with Crippen LogP contribution in [-0.4, -0.2) is 11.5 Å². The molecule has 0 aromatic carbocycles. The van der Waals surface area contributed by atoms with E-state index in [1.54, 1.807) is 11.3 Å². The molecule has 16 heavy (non-hydrogen) atoms. The van der Waals surface area contributed by atoms with E-state index in [9.17, 15) is 0 Å². The van der Waals surface area contributed by atoms with Crippen molar-refractivity contribution in [1.82, 2.24) is 10.3 Å². The van der Waals surface area contributed by atoms with E-state index >= 15 is 0 Å². The number of thiophene rings is 1. The van der Waals surface area contributed by atoms with Crippen molar-refractivity contribution in [2.24, 2.45) is 0 Å². The van der Waals surface area contributed by atoms with Crippen LogP contribution in [0.5, 0.6) is 0 Å². The Morgan fingerprint density at radius 2 is 2.38 bits per heavy atom. The summed E-state index contributed by atoms with van der Waals surface area (Å²) < 4.78 is 0. The molecule has 2 aromatic heterocycles. The molecule has 0 radical (unpaired) electrons. The second-order valence-electron chi connectivity index (χ2n) is 3.63. The molecule has 0 fully saturated rings. The van der Waals surface area contributed by atoms with Crippen molar-refractivity contribution in [2.75, 3.05) is 6.54 Å². The first-order chi connectivity index (χ1) is 7.90. The molecule has 0 saturated carbocycles. The highest BCUT2D eigenvalue weighted by molar-refractivity contribution is 7.10. The maximum Gasteiger partial charge on any atom is 0.0794 e. The van der Waals surface area contributed by atoms with Crippen molar-refractivity contribution in [2.45, 2.75) is 25.8 Å². The molecule has 4 heteroatoms. The third kappa shape index (κ3) is 3.14. The second-order valence-corrected chi connectivity index (χ2v) is 5.58. The fraction of sp³-hybridized carbons (Fsp3) is 0.417. The van der Waals surface area contributed by atoms with Crippen molar-refractivity contribution in [3.63, 3.8) is 0 Å². The molecule has 2 rings (SSSR count). The lowest BCUT2D eigenvalue weighted by Crippen LogP contribution is -2.20. The van der Waals surface area contributed by atoms with Crippen molar-refractivity contribution < 1.29 is 0 Å². The third-order valence-electron chi connectivity index (χ3n) is 2.50. The zero-order chi connectivity index (χ0) is 11.2. The number of aryl methyl sites for hydroxylation is 1. The summed E-state index contributed by atoms with van der Waals surface area (Å²) in [5, 5.41) is 5.67. The fourth-order valence-corrected chi connectivity index (χ4v) is 3.19. The third-order valence-corrected chi connectivity index (χ3v) is 4.33. The number of nitrogens with zero attached hydrogens (tertiary/aromatic N) is 1. The second kappa shape index (κ2) is 6.13. The van der Waals surface area contributed by atoms with Crippen LogP contribution in [0.4, 0.5) is 0 Å². The van der Waals surface area contributed by atoms with E-state index in [0.29, 0.717) is 6.04 Å². The Hall–Kier alpha value is -0.710. The van der Waals surface area contributed by atoms with E-state index in [-0.39, 0.29) is 0 Å². The number of rotatable bonds is 6. The molecule has 1 unspecified atom stereocenters. The Morgan fingerprint density at radius 3 is 3.00 bits per heavy atom. The standard InChI is InChI=1S/C12H16N2S2/c1-2-14-11(12-8-13-9-16-12)6-5-10-4-3-7-15-10/h3-4,7-9,11,14H,2,5-6H2,1H3. The predicted octanol–water partition coefficient (Wildman–Crippen LogP) is 3.49. The van der Waals surface area contributed by atoms with Gasteiger partial charge in [-0.1, -0.05) is 13.0 Å². The largest absolute Gasteiger partial charge is 0.309 e. The monoisotopic (exact) mass is 252 g/mol. The molecular weight excluding hydrogens is 236 g/mol. The van der Waals surface area contributed by atoms with Gasteiger partial charge in [0.2, 0.25) is 0 Å². The van der Waals surface area contributed by atoms with Crippen LogP contribution in [-0.2, 0) is 6.42 Å². The minimum Gasteiger partial charge on any atom is -0.309 e. The van der Waals surface area contributed by atoms with Gasteiger partial charge in [0.15, 0.2) is 0 Å². The lowest BCUT2D eigenvalue weighted by molar-refractivity contribution is 0.524. The van der Waals surface area contributed by atoms with Gasteiger partial charge in [-0.25, -0.2) is 0 Å². The van der Waals surface area contributed by atoms with E-state index in [1.165, 1.54) is 9.75 Å². The quantitative estimate of drug-likeness (QED) is 0.851. The van der Waals surface area contributed by atoms with Crippen LogP contribution >= 0.6 is 22.7 Å². The molecule has 1 N–H and O–H groups in total. The van der Waals surface area contributed by atoms with Crippen LogP contribution in [0.25, 0.3) is 0 Å². The summed E-state index contributed by atoms with van der Waals surface area (Å²) in [7, 11) is 0. The molecule has 86 valence electrons. The Balaban J connectivity index is 1.93. The zero-order valence-electron chi connectivity index (χ0n) is 9.35. The van der Waals surface area contributed by atoms with Crippen LogP contribution < -0.4 is 5.32 Å². The molecule has 0 aliphatic heterocycles. The average Bonchev–Trinajstić information content (AvgIpc) is 2.96. The molecule has 0 bridgehead atoms. The summed E-state index contributed by atoms with van der Waals surface area (Å²) in [6.07, 6.45) is 4.27. The zero-order valence-corrected chi connectivity index (χ0v) is 11.0. The summed E-state index contributed by atoms with van der Waals surface area (Å²) in [5.41, 5.74) is 1.91. The van der Waals surface area contributed by atoms with Crippen LogP contribution in [0.1, 0.15) is 29.1 Å². The maximum absolute atomic E-state index is 4.15. The van der Waals surface area contributed by atoms with Crippen LogP contribution in [0.3, 0.4) is 0 Å². The SMILES string of the molecule is CCNC(CCc1cccs1)c1cncs1. The highest BCUT2D eigenvalue weighted by Gasteiger charge is 2.11. The van der Waals surface area contributed by atoms with Crippen LogP contribution in [0, 0.1) is 0 Å². The van der Waals surface area contributed by atoms with Crippen molar-refractivity contribution >= 4 is 22.7 Å². The maximum atomic E-state index is 4.15. The van der Waals surface area contributed by atoms with E-state index in [4.69, 9.17) is 0 Å². The summed E-state index contributed by atoms with van der Waals surface area (Å²) >= 11 is 3.58. The first-order valence-corrected chi connectivity index (χ1v) is 7.30. The number of thiazole rings is 1. The molecule has 0 aliphatic rings. The Bertz CT molecular complexity index is 381. The van der Waals surface area contributed by atoms with E-state index in [2.05, 4.69) is 34.7 Å². The van der Waals surface area contributed by atoms with Gasteiger partial charge in [-0.05, 0) is 30.8 Å². The highest BCUT2D eigenvalue weighted by Crippen LogP contribution is 2.23. The van der Waals surface area contributed by atoms with Gasteiger partial charge in [-0.15, -0.1) is 22.7 Å². The van der Waals surface area contributed by atoms with Gasteiger partial charge in [0.25, 0.3) is 0 Å². The van der Waals surface area contributed by atoms with Gasteiger partial charge in [0.1, 0.15) is 0 Å². The molecule has 1 atom stereocenters. The Labute approximate surface area is 104 Å². The molecule has 0 spiro atoms. The van der Waals surface area contributed by atoms with Gasteiger partial charge in [0, 0.05) is 22.0 Å². The lowest BCUT2D eigenvalue weighted by Gasteiger charge is -2.15. The first kappa shape index (κ1) is 11.8. The van der Waals surface area contributed by atoms with Gasteiger partial charge in [-0.2, -0.15) is 0 Å². The van der Waals surface area contributed by atoms with Crippen molar-refractivity contribution in [3.8, 4) is 0 Å². The lowest BCUT2D eigenvalue weighted by atomic mass is 10.1. The van der Waals surface area contributed by atoms with E-state index in [1.807, 2.05) is 23.0 Å².